The molecule has 5 heterocycles. The second-order valence-electron chi connectivity index (χ2n) is 9.73. The van der Waals surface area contributed by atoms with Gasteiger partial charge >= 0.3 is 0 Å². The Balaban J connectivity index is 1.29. The van der Waals surface area contributed by atoms with Crippen LogP contribution in [0.25, 0.3) is 29.3 Å². The van der Waals surface area contributed by atoms with Crippen LogP contribution in [-0.4, -0.2) is 34.6 Å². The van der Waals surface area contributed by atoms with Gasteiger partial charge in [-0.1, -0.05) is 57.5 Å². The van der Waals surface area contributed by atoms with Gasteiger partial charge in [0.2, 0.25) is 0 Å². The molecule has 0 aliphatic carbocycles. The van der Waals surface area contributed by atoms with Crippen molar-refractivity contribution in [3.8, 4) is 29.3 Å². The molecule has 1 aliphatic rings. The highest BCUT2D eigenvalue weighted by molar-refractivity contribution is 7.83. The molecule has 0 spiro atoms. The first kappa shape index (κ1) is 28.3. The quantitative estimate of drug-likeness (QED) is 0.116. The fourth-order valence-corrected chi connectivity index (χ4v) is 10.2. The molecule has 8 heteroatoms. The van der Waals surface area contributed by atoms with Crippen LogP contribution in [0.15, 0.2) is 36.4 Å². The molecule has 1 unspecified atom stereocenters. The number of aryl methyl sites for hydroxylation is 2. The lowest BCUT2D eigenvalue weighted by Crippen LogP contribution is -2.32. The Labute approximate surface area is 253 Å². The van der Waals surface area contributed by atoms with Crippen molar-refractivity contribution < 1.29 is 4.74 Å². The number of ether oxygens (including phenoxy) is 1. The largest absolute Gasteiger partial charge is 0.379 e. The van der Waals surface area contributed by atoms with Gasteiger partial charge in [-0.05, 0) is 62.6 Å². The SMILES string of the molecule is CCCCC(CC)COCCN1C(=S)c2c(C)sc(-c3ccc(-c4ccc(-c5ccc(C)s5)s4)s3)c2C1=S. The van der Waals surface area contributed by atoms with E-state index < -0.39 is 0 Å². The Morgan fingerprint density at radius 1 is 0.789 bits per heavy atom. The van der Waals surface area contributed by atoms with Crippen LogP contribution in [-0.2, 0) is 4.74 Å². The molecule has 0 fully saturated rings. The zero-order chi connectivity index (χ0) is 26.8. The third-order valence-corrected chi connectivity index (χ3v) is 12.7. The third-order valence-electron chi connectivity index (χ3n) is 7.02. The zero-order valence-electron chi connectivity index (χ0n) is 22.3. The maximum atomic E-state index is 6.10. The molecule has 0 amide bonds. The molecule has 0 N–H and O–H groups in total. The summed E-state index contributed by atoms with van der Waals surface area (Å²) in [6.07, 6.45) is 4.93. The van der Waals surface area contributed by atoms with Crippen molar-refractivity contribution in [2.45, 2.75) is 53.4 Å². The molecule has 1 atom stereocenters. The molecule has 1 aliphatic heterocycles. The maximum Gasteiger partial charge on any atom is 0.116 e. The van der Waals surface area contributed by atoms with E-state index in [4.69, 9.17) is 29.2 Å². The lowest BCUT2D eigenvalue weighted by atomic mass is 10.0. The van der Waals surface area contributed by atoms with E-state index in [-0.39, 0.29) is 0 Å². The van der Waals surface area contributed by atoms with Gasteiger partial charge in [-0.2, -0.15) is 0 Å². The van der Waals surface area contributed by atoms with Crippen LogP contribution in [0.5, 0.6) is 0 Å². The second-order valence-corrected chi connectivity index (χ2v) is 15.2. The summed E-state index contributed by atoms with van der Waals surface area (Å²) in [5.41, 5.74) is 2.30. The molecule has 38 heavy (non-hydrogen) atoms. The van der Waals surface area contributed by atoms with Gasteiger partial charge in [-0.15, -0.1) is 45.3 Å². The third kappa shape index (κ3) is 5.78. The molecule has 0 bridgehead atoms. The molecule has 0 saturated heterocycles. The first-order valence-corrected chi connectivity index (χ1v) is 17.3. The minimum Gasteiger partial charge on any atom is -0.379 e. The van der Waals surface area contributed by atoms with Gasteiger partial charge in [0, 0.05) is 58.4 Å². The Morgan fingerprint density at radius 2 is 1.39 bits per heavy atom. The average molecular weight is 616 g/mol. The average Bonchev–Trinajstić information content (AvgIpc) is 3.72. The summed E-state index contributed by atoms with van der Waals surface area (Å²) in [5.74, 6) is 0.643. The van der Waals surface area contributed by atoms with E-state index in [1.165, 1.54) is 64.7 Å². The molecule has 0 aromatic carbocycles. The molecule has 5 rings (SSSR count). The number of rotatable bonds is 12. The Hall–Kier alpha value is -1.26. The van der Waals surface area contributed by atoms with Crippen LogP contribution >= 0.6 is 69.8 Å². The van der Waals surface area contributed by atoms with Gasteiger partial charge in [0.05, 0.1) is 11.5 Å². The van der Waals surface area contributed by atoms with Gasteiger partial charge in [0.15, 0.2) is 0 Å². The summed E-state index contributed by atoms with van der Waals surface area (Å²) in [6, 6.07) is 13.4. The van der Waals surface area contributed by atoms with E-state index in [1.807, 2.05) is 45.3 Å². The van der Waals surface area contributed by atoms with Crippen molar-refractivity contribution in [2.24, 2.45) is 5.92 Å². The molecule has 4 aromatic rings. The van der Waals surface area contributed by atoms with Crippen molar-refractivity contribution >= 4 is 79.8 Å². The van der Waals surface area contributed by atoms with Crippen LogP contribution < -0.4 is 0 Å². The minimum atomic E-state index is 0.643. The number of hydrogen-bond acceptors (Lipinski definition) is 7. The predicted octanol–water partition coefficient (Wildman–Crippen LogP) is 10.5. The van der Waals surface area contributed by atoms with Gasteiger partial charge in [-0.25, -0.2) is 0 Å². The monoisotopic (exact) mass is 615 g/mol. The highest BCUT2D eigenvalue weighted by Crippen LogP contribution is 2.47. The Bertz CT molecular complexity index is 1440. The number of nitrogens with zero attached hydrogens (tertiary/aromatic N) is 1. The molecule has 0 saturated carbocycles. The highest BCUT2D eigenvalue weighted by Gasteiger charge is 2.35. The fourth-order valence-electron chi connectivity index (χ4n) is 4.81. The smallest absolute Gasteiger partial charge is 0.116 e. The van der Waals surface area contributed by atoms with Crippen molar-refractivity contribution in [1.29, 1.82) is 0 Å². The van der Waals surface area contributed by atoms with Crippen LogP contribution in [0.2, 0.25) is 0 Å². The van der Waals surface area contributed by atoms with Gasteiger partial charge in [-0.3, -0.25) is 0 Å². The van der Waals surface area contributed by atoms with Gasteiger partial charge < -0.3 is 9.64 Å². The lowest BCUT2D eigenvalue weighted by molar-refractivity contribution is 0.0914. The molecular formula is C30H33NOS6. The van der Waals surface area contributed by atoms with E-state index in [1.54, 1.807) is 0 Å². The highest BCUT2D eigenvalue weighted by atomic mass is 32.1. The standard InChI is InChI=1S/C30H33NOS6/c1-5-7-8-20(6-2)17-32-16-15-31-29(33)26-19(4)36-28(27(26)30(31)34)25-14-13-24(38-25)23-12-11-22(37-23)21-10-9-18(3)35-21/h9-14,20H,5-8,15-17H2,1-4H3. The van der Waals surface area contributed by atoms with Crippen molar-refractivity contribution in [2.75, 3.05) is 19.8 Å². The molecule has 4 aromatic heterocycles. The summed E-state index contributed by atoms with van der Waals surface area (Å²) >= 11 is 19.3. The van der Waals surface area contributed by atoms with E-state index in [9.17, 15) is 0 Å². The van der Waals surface area contributed by atoms with Crippen LogP contribution in [0.1, 0.15) is 60.4 Å². The predicted molar refractivity (Wildman–Crippen MR) is 178 cm³/mol. The number of thiophene rings is 4. The lowest BCUT2D eigenvalue weighted by Gasteiger charge is -2.20. The van der Waals surface area contributed by atoms with Crippen LogP contribution in [0.4, 0.5) is 0 Å². The van der Waals surface area contributed by atoms with Crippen molar-refractivity contribution in [3.63, 3.8) is 0 Å². The molecule has 200 valence electrons. The summed E-state index contributed by atoms with van der Waals surface area (Å²) in [7, 11) is 0. The Kier molecular flexibility index (Phi) is 9.30. The first-order valence-electron chi connectivity index (χ1n) is 13.3. The van der Waals surface area contributed by atoms with Gasteiger partial charge in [0.1, 0.15) is 9.98 Å². The maximum absolute atomic E-state index is 6.10. The van der Waals surface area contributed by atoms with E-state index in [0.717, 1.165) is 34.3 Å². The summed E-state index contributed by atoms with van der Waals surface area (Å²) in [5, 5.41) is 0. The summed E-state index contributed by atoms with van der Waals surface area (Å²) in [4.78, 5) is 14.2. The van der Waals surface area contributed by atoms with Crippen molar-refractivity contribution in [1.82, 2.24) is 4.90 Å². The van der Waals surface area contributed by atoms with Gasteiger partial charge in [0.25, 0.3) is 0 Å². The van der Waals surface area contributed by atoms with Crippen molar-refractivity contribution in [3.05, 3.63) is 57.3 Å². The second kappa shape index (κ2) is 12.5. The molecule has 0 radical (unpaired) electrons. The molecular weight excluding hydrogens is 583 g/mol. The normalized spacial score (nSPS) is 14.1. The minimum absolute atomic E-state index is 0.643. The molecule has 2 nitrogen and oxygen atoms in total. The van der Waals surface area contributed by atoms with E-state index >= 15 is 0 Å². The van der Waals surface area contributed by atoms with Crippen LogP contribution in [0.3, 0.4) is 0 Å². The number of thiocarbonyl (C=S) groups is 2. The Morgan fingerprint density at radius 3 is 2.03 bits per heavy atom. The topological polar surface area (TPSA) is 12.5 Å². The summed E-state index contributed by atoms with van der Waals surface area (Å²) in [6.45, 7) is 11.0. The summed E-state index contributed by atoms with van der Waals surface area (Å²) < 4.78 is 6.10. The number of hydrogen-bond donors (Lipinski definition) is 0. The number of fused-ring (bicyclic) bond motifs is 1. The van der Waals surface area contributed by atoms with E-state index in [2.05, 4.69) is 69.0 Å². The first-order chi connectivity index (χ1) is 18.4. The zero-order valence-corrected chi connectivity index (χ0v) is 27.2. The van der Waals surface area contributed by atoms with E-state index in [0.29, 0.717) is 12.5 Å². The fraction of sp³-hybridized carbons (Fsp3) is 0.400. The van der Waals surface area contributed by atoms with Crippen LogP contribution in [0, 0.1) is 19.8 Å². The number of unbranched alkanes of at least 4 members (excludes halogenated alkanes) is 1.